The van der Waals surface area contributed by atoms with Crippen LogP contribution in [0, 0.1) is 5.92 Å². The fourth-order valence-electron chi connectivity index (χ4n) is 1.81. The highest BCUT2D eigenvalue weighted by Crippen LogP contribution is 2.27. The average Bonchev–Trinajstić information content (AvgIpc) is 2.96. The Labute approximate surface area is 102 Å². The third-order valence-electron chi connectivity index (χ3n) is 2.94. The molecular weight excluding hydrogens is 216 g/mol. The third kappa shape index (κ3) is 3.63. The van der Waals surface area contributed by atoms with Crippen LogP contribution in [0.3, 0.4) is 0 Å². The second-order valence-electron chi connectivity index (χ2n) is 5.00. The van der Waals surface area contributed by atoms with E-state index in [2.05, 4.69) is 15.4 Å². The van der Waals surface area contributed by atoms with Crippen molar-refractivity contribution in [2.45, 2.75) is 39.2 Å². The van der Waals surface area contributed by atoms with E-state index in [1.807, 2.05) is 13.8 Å². The maximum Gasteiger partial charge on any atom is 0.154 e. The molecule has 0 radical (unpaired) electrons. The molecule has 0 unspecified atom stereocenters. The summed E-state index contributed by atoms with van der Waals surface area (Å²) in [6.07, 6.45) is 4.50. The van der Waals surface area contributed by atoms with Crippen molar-refractivity contribution in [3.05, 3.63) is 12.2 Å². The topological polar surface area (TPSA) is 59.8 Å². The highest BCUT2D eigenvalue weighted by Gasteiger charge is 2.20. The van der Waals surface area contributed by atoms with E-state index in [4.69, 9.17) is 0 Å². The summed E-state index contributed by atoms with van der Waals surface area (Å²) >= 11 is 0. The van der Waals surface area contributed by atoms with Crippen molar-refractivity contribution >= 4 is 5.78 Å². The zero-order valence-corrected chi connectivity index (χ0v) is 10.5. The lowest BCUT2D eigenvalue weighted by Crippen LogP contribution is -2.27. The Kier molecular flexibility index (Phi) is 3.89. The molecule has 5 nitrogen and oxygen atoms in total. The van der Waals surface area contributed by atoms with E-state index in [1.54, 1.807) is 4.68 Å². The van der Waals surface area contributed by atoms with Crippen LogP contribution >= 0.6 is 0 Å². The van der Waals surface area contributed by atoms with Gasteiger partial charge < -0.3 is 5.32 Å². The number of aromatic nitrogens is 3. The van der Waals surface area contributed by atoms with Crippen LogP contribution in [-0.2, 0) is 11.2 Å². The normalized spacial score (nSPS) is 15.5. The van der Waals surface area contributed by atoms with E-state index in [-0.39, 0.29) is 11.8 Å². The molecule has 1 fully saturated rings. The predicted molar refractivity (Wildman–Crippen MR) is 64.7 cm³/mol. The fourth-order valence-corrected chi connectivity index (χ4v) is 1.81. The monoisotopic (exact) mass is 236 g/mol. The molecule has 1 aliphatic carbocycles. The van der Waals surface area contributed by atoms with Gasteiger partial charge in [0.05, 0.1) is 13.0 Å². The molecule has 1 N–H and O–H groups in total. The third-order valence-corrected chi connectivity index (χ3v) is 2.94. The number of hydrogen-bond donors (Lipinski definition) is 1. The van der Waals surface area contributed by atoms with Gasteiger partial charge in [0.25, 0.3) is 0 Å². The van der Waals surface area contributed by atoms with E-state index in [9.17, 15) is 4.79 Å². The zero-order valence-electron chi connectivity index (χ0n) is 10.5. The first-order valence-corrected chi connectivity index (χ1v) is 6.27. The molecule has 0 spiro atoms. The quantitative estimate of drug-likeness (QED) is 0.766. The van der Waals surface area contributed by atoms with E-state index < -0.39 is 0 Å². The molecule has 0 aliphatic heterocycles. The number of hydrogen-bond acceptors (Lipinski definition) is 4. The minimum Gasteiger partial charge on any atom is -0.310 e. The Morgan fingerprint density at radius 3 is 3.00 bits per heavy atom. The molecule has 0 atom stereocenters. The van der Waals surface area contributed by atoms with Gasteiger partial charge in [-0.1, -0.05) is 0 Å². The van der Waals surface area contributed by atoms with Gasteiger partial charge in [0, 0.05) is 6.04 Å². The molecule has 1 aromatic rings. The lowest BCUT2D eigenvalue weighted by Gasteiger charge is -2.08. The summed E-state index contributed by atoms with van der Waals surface area (Å²) in [6, 6.07) is 0.250. The van der Waals surface area contributed by atoms with E-state index in [1.165, 1.54) is 19.2 Å². The van der Waals surface area contributed by atoms with Crippen LogP contribution in [0.1, 0.15) is 38.6 Å². The first-order valence-electron chi connectivity index (χ1n) is 6.27. The van der Waals surface area contributed by atoms with Crippen molar-refractivity contribution in [1.82, 2.24) is 20.1 Å². The Bertz CT molecular complexity index is 382. The first kappa shape index (κ1) is 12.2. The van der Waals surface area contributed by atoms with Crippen LogP contribution in [-0.4, -0.2) is 33.6 Å². The van der Waals surface area contributed by atoms with Crippen LogP contribution < -0.4 is 5.32 Å². The predicted octanol–water partition coefficient (Wildman–Crippen LogP) is 0.970. The average molecular weight is 236 g/mol. The molecule has 1 aliphatic rings. The second kappa shape index (κ2) is 5.40. The molecule has 1 saturated carbocycles. The van der Waals surface area contributed by atoms with Crippen molar-refractivity contribution < 1.29 is 4.79 Å². The summed E-state index contributed by atoms with van der Waals surface area (Å²) in [5, 5.41) is 7.32. The smallest absolute Gasteiger partial charge is 0.154 e. The molecule has 5 heteroatoms. The molecule has 0 amide bonds. The number of carbonyl (C=O) groups excluding carboxylic acids is 1. The van der Waals surface area contributed by atoms with Gasteiger partial charge in [-0.3, -0.25) is 4.79 Å². The van der Waals surface area contributed by atoms with Crippen LogP contribution in [0.15, 0.2) is 6.33 Å². The standard InChI is InChI=1S/C12H20N4O/c1-9(2)16-12(14-8-15-16)5-11(17)7-13-6-10-3-4-10/h8-10,13H,3-7H2,1-2H3. The fraction of sp³-hybridized carbons (Fsp3) is 0.750. The van der Waals surface area contributed by atoms with Crippen molar-refractivity contribution in [2.24, 2.45) is 5.92 Å². The van der Waals surface area contributed by atoms with Gasteiger partial charge in [-0.05, 0) is 39.2 Å². The summed E-state index contributed by atoms with van der Waals surface area (Å²) in [7, 11) is 0. The number of nitrogens with one attached hydrogen (secondary N) is 1. The molecule has 0 aromatic carbocycles. The molecular formula is C12H20N4O. The molecule has 17 heavy (non-hydrogen) atoms. The maximum atomic E-state index is 11.7. The summed E-state index contributed by atoms with van der Waals surface area (Å²) in [4.78, 5) is 15.9. The van der Waals surface area contributed by atoms with Crippen molar-refractivity contribution in [2.75, 3.05) is 13.1 Å². The van der Waals surface area contributed by atoms with E-state index >= 15 is 0 Å². The van der Waals surface area contributed by atoms with Crippen LogP contribution in [0.2, 0.25) is 0 Å². The minimum absolute atomic E-state index is 0.181. The summed E-state index contributed by atoms with van der Waals surface area (Å²) in [5.74, 6) is 1.75. The first-order chi connectivity index (χ1) is 8.16. The Balaban J connectivity index is 1.77. The second-order valence-corrected chi connectivity index (χ2v) is 5.00. The van der Waals surface area contributed by atoms with E-state index in [0.29, 0.717) is 13.0 Å². The molecule has 1 aromatic heterocycles. The highest BCUT2D eigenvalue weighted by molar-refractivity contribution is 5.82. The maximum absolute atomic E-state index is 11.7. The summed E-state index contributed by atoms with van der Waals surface area (Å²) in [5.41, 5.74) is 0. The lowest BCUT2D eigenvalue weighted by molar-refractivity contribution is -0.117. The Morgan fingerprint density at radius 1 is 1.59 bits per heavy atom. The van der Waals surface area contributed by atoms with Crippen molar-refractivity contribution in [3.8, 4) is 0 Å². The van der Waals surface area contributed by atoms with E-state index in [0.717, 1.165) is 18.3 Å². The molecule has 0 bridgehead atoms. The molecule has 2 rings (SSSR count). The number of Topliss-reactive ketones (excluding diaryl/α,β-unsaturated/α-hetero) is 1. The van der Waals surface area contributed by atoms with Gasteiger partial charge in [-0.2, -0.15) is 5.10 Å². The molecule has 94 valence electrons. The van der Waals surface area contributed by atoms with Gasteiger partial charge in [0.1, 0.15) is 12.2 Å². The Morgan fingerprint density at radius 2 is 2.35 bits per heavy atom. The zero-order chi connectivity index (χ0) is 12.3. The van der Waals surface area contributed by atoms with Gasteiger partial charge >= 0.3 is 0 Å². The SMILES string of the molecule is CC(C)n1ncnc1CC(=O)CNCC1CC1. The van der Waals surface area contributed by atoms with Crippen LogP contribution in [0.5, 0.6) is 0 Å². The Hall–Kier alpha value is -1.23. The van der Waals surface area contributed by atoms with Crippen LogP contribution in [0.25, 0.3) is 0 Å². The summed E-state index contributed by atoms with van der Waals surface area (Å²) in [6.45, 7) is 5.49. The van der Waals surface area contributed by atoms with Crippen molar-refractivity contribution in [1.29, 1.82) is 0 Å². The lowest BCUT2D eigenvalue weighted by atomic mass is 10.2. The largest absolute Gasteiger partial charge is 0.310 e. The number of carbonyl (C=O) groups is 1. The van der Waals surface area contributed by atoms with Crippen LogP contribution in [0.4, 0.5) is 0 Å². The van der Waals surface area contributed by atoms with Crippen molar-refractivity contribution in [3.63, 3.8) is 0 Å². The van der Waals surface area contributed by atoms with Gasteiger partial charge in [0.15, 0.2) is 5.78 Å². The van der Waals surface area contributed by atoms with Gasteiger partial charge in [0.2, 0.25) is 0 Å². The number of ketones is 1. The minimum atomic E-state index is 0.181. The summed E-state index contributed by atoms with van der Waals surface area (Å²) < 4.78 is 1.80. The number of nitrogens with zero attached hydrogens (tertiary/aromatic N) is 3. The number of rotatable bonds is 7. The van der Waals surface area contributed by atoms with Gasteiger partial charge in [-0.15, -0.1) is 0 Å². The molecule has 1 heterocycles. The highest BCUT2D eigenvalue weighted by atomic mass is 16.1. The molecule has 0 saturated heterocycles. The van der Waals surface area contributed by atoms with Gasteiger partial charge in [-0.25, -0.2) is 9.67 Å².